The number of aromatic nitrogens is 1. The average molecular weight is 336 g/mol. The number of carbonyl (C=O) groups excluding carboxylic acids is 2. The van der Waals surface area contributed by atoms with E-state index >= 15 is 0 Å². The fraction of sp³-hybridized carbons (Fsp3) is 0.200. The molecular weight excluding hydrogens is 316 g/mol. The van der Waals surface area contributed by atoms with Crippen molar-refractivity contribution < 1.29 is 14.3 Å². The van der Waals surface area contributed by atoms with Gasteiger partial charge in [0.2, 0.25) is 5.91 Å². The molecule has 0 aliphatic carbocycles. The summed E-state index contributed by atoms with van der Waals surface area (Å²) < 4.78 is 4.97. The SMILES string of the molecule is CCOC(=O)c1cccc(NC(=O)CCc2c[nH]c3ccccc23)c1. The molecule has 3 rings (SSSR count). The van der Waals surface area contributed by atoms with Crippen molar-refractivity contribution in [1.29, 1.82) is 0 Å². The van der Waals surface area contributed by atoms with Crippen LogP contribution < -0.4 is 5.32 Å². The first kappa shape index (κ1) is 16.8. The van der Waals surface area contributed by atoms with Gasteiger partial charge in [0, 0.05) is 29.2 Å². The first-order chi connectivity index (χ1) is 12.2. The number of esters is 1. The van der Waals surface area contributed by atoms with Crippen molar-refractivity contribution >= 4 is 28.5 Å². The van der Waals surface area contributed by atoms with Gasteiger partial charge in [0.15, 0.2) is 0 Å². The van der Waals surface area contributed by atoms with Gasteiger partial charge in [-0.2, -0.15) is 0 Å². The molecule has 0 aliphatic heterocycles. The Balaban J connectivity index is 1.61. The van der Waals surface area contributed by atoms with Crippen molar-refractivity contribution in [2.24, 2.45) is 0 Å². The van der Waals surface area contributed by atoms with E-state index < -0.39 is 5.97 Å². The van der Waals surface area contributed by atoms with E-state index in [0.29, 0.717) is 30.7 Å². The second-order valence-corrected chi connectivity index (χ2v) is 5.71. The summed E-state index contributed by atoms with van der Waals surface area (Å²) in [7, 11) is 0. The Bertz CT molecular complexity index is 899. The molecule has 0 fully saturated rings. The molecule has 1 heterocycles. The van der Waals surface area contributed by atoms with E-state index in [-0.39, 0.29) is 5.91 Å². The molecule has 0 saturated heterocycles. The van der Waals surface area contributed by atoms with Crippen LogP contribution in [0.5, 0.6) is 0 Å². The molecule has 128 valence electrons. The lowest BCUT2D eigenvalue weighted by Gasteiger charge is -2.07. The normalized spacial score (nSPS) is 10.6. The molecule has 5 nitrogen and oxygen atoms in total. The maximum Gasteiger partial charge on any atom is 0.338 e. The summed E-state index contributed by atoms with van der Waals surface area (Å²) in [6.07, 6.45) is 2.96. The molecule has 0 bridgehead atoms. The third kappa shape index (κ3) is 4.07. The van der Waals surface area contributed by atoms with E-state index in [1.165, 1.54) is 0 Å². The Morgan fingerprint density at radius 3 is 2.80 bits per heavy atom. The van der Waals surface area contributed by atoms with Crippen LogP contribution in [0.3, 0.4) is 0 Å². The van der Waals surface area contributed by atoms with Gasteiger partial charge in [-0.3, -0.25) is 4.79 Å². The van der Waals surface area contributed by atoms with Crippen LogP contribution in [0.4, 0.5) is 5.69 Å². The van der Waals surface area contributed by atoms with Crippen LogP contribution in [-0.4, -0.2) is 23.5 Å². The van der Waals surface area contributed by atoms with Gasteiger partial charge in [0.1, 0.15) is 0 Å². The lowest BCUT2D eigenvalue weighted by Crippen LogP contribution is -2.13. The highest BCUT2D eigenvalue weighted by Crippen LogP contribution is 2.19. The fourth-order valence-corrected chi connectivity index (χ4v) is 2.75. The van der Waals surface area contributed by atoms with E-state index in [1.807, 2.05) is 30.5 Å². The topological polar surface area (TPSA) is 71.2 Å². The van der Waals surface area contributed by atoms with Crippen LogP contribution in [-0.2, 0) is 16.0 Å². The first-order valence-corrected chi connectivity index (χ1v) is 8.29. The van der Waals surface area contributed by atoms with Crippen LogP contribution in [0, 0.1) is 0 Å². The standard InChI is InChI=1S/C20H20N2O3/c1-2-25-20(24)14-6-5-7-16(12-14)22-19(23)11-10-15-13-21-18-9-4-3-8-17(15)18/h3-9,12-13,21H,2,10-11H2,1H3,(H,22,23). The number of benzene rings is 2. The molecular formula is C20H20N2O3. The molecule has 25 heavy (non-hydrogen) atoms. The fourth-order valence-electron chi connectivity index (χ4n) is 2.75. The van der Waals surface area contributed by atoms with Gasteiger partial charge in [-0.1, -0.05) is 24.3 Å². The largest absolute Gasteiger partial charge is 0.462 e. The van der Waals surface area contributed by atoms with Gasteiger partial charge in [-0.25, -0.2) is 4.79 Å². The van der Waals surface area contributed by atoms with Gasteiger partial charge in [0.05, 0.1) is 12.2 Å². The summed E-state index contributed by atoms with van der Waals surface area (Å²) >= 11 is 0. The van der Waals surface area contributed by atoms with E-state index in [0.717, 1.165) is 16.5 Å². The number of rotatable bonds is 6. The summed E-state index contributed by atoms with van der Waals surface area (Å²) in [6, 6.07) is 14.8. The van der Waals surface area contributed by atoms with Crippen molar-refractivity contribution in [2.45, 2.75) is 19.8 Å². The summed E-state index contributed by atoms with van der Waals surface area (Å²) in [5.41, 5.74) is 3.21. The zero-order valence-corrected chi connectivity index (χ0v) is 14.0. The van der Waals surface area contributed by atoms with Crippen LogP contribution in [0.2, 0.25) is 0 Å². The predicted octanol–water partition coefficient (Wildman–Crippen LogP) is 3.92. The Morgan fingerprint density at radius 1 is 1.12 bits per heavy atom. The maximum absolute atomic E-state index is 12.2. The second-order valence-electron chi connectivity index (χ2n) is 5.71. The minimum atomic E-state index is -0.391. The van der Waals surface area contributed by atoms with Crippen molar-refractivity contribution in [3.05, 3.63) is 65.9 Å². The Morgan fingerprint density at radius 2 is 1.96 bits per heavy atom. The van der Waals surface area contributed by atoms with Crippen molar-refractivity contribution in [1.82, 2.24) is 4.98 Å². The van der Waals surface area contributed by atoms with E-state index in [4.69, 9.17) is 4.74 Å². The van der Waals surface area contributed by atoms with Crippen molar-refractivity contribution in [3.63, 3.8) is 0 Å². The number of hydrogen-bond acceptors (Lipinski definition) is 3. The lowest BCUT2D eigenvalue weighted by molar-refractivity contribution is -0.116. The highest BCUT2D eigenvalue weighted by Gasteiger charge is 2.10. The summed E-state index contributed by atoms with van der Waals surface area (Å²) in [4.78, 5) is 27.2. The number of hydrogen-bond donors (Lipinski definition) is 2. The molecule has 5 heteroatoms. The van der Waals surface area contributed by atoms with Crippen molar-refractivity contribution in [3.8, 4) is 0 Å². The van der Waals surface area contributed by atoms with Crippen LogP contribution in [0.1, 0.15) is 29.3 Å². The number of H-pyrrole nitrogens is 1. The zero-order valence-electron chi connectivity index (χ0n) is 14.0. The summed E-state index contributed by atoms with van der Waals surface area (Å²) in [5.74, 6) is -0.483. The van der Waals surface area contributed by atoms with E-state index in [2.05, 4.69) is 10.3 Å². The molecule has 2 N–H and O–H groups in total. The molecule has 2 aromatic carbocycles. The van der Waals surface area contributed by atoms with Gasteiger partial charge < -0.3 is 15.0 Å². The minimum absolute atomic E-state index is 0.0914. The molecule has 0 saturated carbocycles. The van der Waals surface area contributed by atoms with Gasteiger partial charge >= 0.3 is 5.97 Å². The van der Waals surface area contributed by atoms with Crippen LogP contribution in [0.25, 0.3) is 10.9 Å². The number of aryl methyl sites for hydroxylation is 1. The van der Waals surface area contributed by atoms with Crippen LogP contribution in [0.15, 0.2) is 54.7 Å². The number of para-hydroxylation sites is 1. The Labute approximate surface area is 146 Å². The molecule has 1 aromatic heterocycles. The average Bonchev–Trinajstić information content (AvgIpc) is 3.04. The number of anilines is 1. The molecule has 3 aromatic rings. The summed E-state index contributed by atoms with van der Waals surface area (Å²) in [5, 5.41) is 3.97. The van der Waals surface area contributed by atoms with Crippen LogP contribution >= 0.6 is 0 Å². The molecule has 0 unspecified atom stereocenters. The predicted molar refractivity (Wildman–Crippen MR) is 97.6 cm³/mol. The zero-order chi connectivity index (χ0) is 17.6. The minimum Gasteiger partial charge on any atom is -0.462 e. The van der Waals surface area contributed by atoms with Gasteiger partial charge in [0.25, 0.3) is 0 Å². The molecule has 0 aliphatic rings. The van der Waals surface area contributed by atoms with Crippen molar-refractivity contribution in [2.75, 3.05) is 11.9 Å². The maximum atomic E-state index is 12.2. The number of fused-ring (bicyclic) bond motifs is 1. The van der Waals surface area contributed by atoms with E-state index in [9.17, 15) is 9.59 Å². The monoisotopic (exact) mass is 336 g/mol. The smallest absolute Gasteiger partial charge is 0.338 e. The lowest BCUT2D eigenvalue weighted by atomic mass is 10.1. The third-order valence-corrected chi connectivity index (χ3v) is 3.95. The Hall–Kier alpha value is -3.08. The number of amides is 1. The molecule has 1 amide bonds. The summed E-state index contributed by atoms with van der Waals surface area (Å²) in [6.45, 7) is 2.08. The number of ether oxygens (including phenoxy) is 1. The van der Waals surface area contributed by atoms with Gasteiger partial charge in [-0.15, -0.1) is 0 Å². The number of carbonyl (C=O) groups is 2. The van der Waals surface area contributed by atoms with E-state index in [1.54, 1.807) is 31.2 Å². The molecule has 0 radical (unpaired) electrons. The highest BCUT2D eigenvalue weighted by molar-refractivity contribution is 5.95. The quantitative estimate of drug-likeness (QED) is 0.670. The number of nitrogens with one attached hydrogen (secondary N) is 2. The molecule has 0 atom stereocenters. The second kappa shape index (κ2) is 7.66. The first-order valence-electron chi connectivity index (χ1n) is 8.29. The Kier molecular flexibility index (Phi) is 5.14. The third-order valence-electron chi connectivity index (χ3n) is 3.95. The highest BCUT2D eigenvalue weighted by atomic mass is 16.5. The number of aromatic amines is 1. The molecule has 0 spiro atoms. The van der Waals surface area contributed by atoms with Gasteiger partial charge in [-0.05, 0) is 43.2 Å².